The van der Waals surface area contributed by atoms with Crippen molar-refractivity contribution in [3.05, 3.63) is 0 Å². The summed E-state index contributed by atoms with van der Waals surface area (Å²) in [5.41, 5.74) is 0. The SMILES string of the molecule is CC1CCCN(CC(=O)N2CCCC(C(F)(F)F)C2)C1CO. The van der Waals surface area contributed by atoms with Gasteiger partial charge >= 0.3 is 6.18 Å². The minimum atomic E-state index is -4.23. The highest BCUT2D eigenvalue weighted by atomic mass is 19.4. The van der Waals surface area contributed by atoms with E-state index in [1.807, 2.05) is 11.8 Å². The Morgan fingerprint density at radius 1 is 1.23 bits per heavy atom. The van der Waals surface area contributed by atoms with E-state index < -0.39 is 12.1 Å². The number of rotatable bonds is 3. The number of hydrogen-bond donors (Lipinski definition) is 1. The summed E-state index contributed by atoms with van der Waals surface area (Å²) < 4.78 is 38.5. The standard InChI is InChI=1S/C15H25F3N2O2/c1-11-4-2-6-19(13(11)10-21)9-14(22)20-7-3-5-12(8-20)15(16,17)18/h11-13,21H,2-10H2,1H3. The van der Waals surface area contributed by atoms with Crippen LogP contribution in [0.15, 0.2) is 0 Å². The van der Waals surface area contributed by atoms with Crippen LogP contribution < -0.4 is 0 Å². The largest absolute Gasteiger partial charge is 0.395 e. The van der Waals surface area contributed by atoms with Gasteiger partial charge in [0, 0.05) is 19.1 Å². The Bertz CT molecular complexity index is 389. The number of amides is 1. The van der Waals surface area contributed by atoms with Crippen LogP contribution in [0.3, 0.4) is 0 Å². The molecule has 2 saturated heterocycles. The summed E-state index contributed by atoms with van der Waals surface area (Å²) in [7, 11) is 0. The molecule has 3 atom stereocenters. The highest BCUT2D eigenvalue weighted by Gasteiger charge is 2.43. The van der Waals surface area contributed by atoms with E-state index in [2.05, 4.69) is 0 Å². The number of likely N-dealkylation sites (tertiary alicyclic amines) is 2. The van der Waals surface area contributed by atoms with Gasteiger partial charge < -0.3 is 10.0 Å². The maximum atomic E-state index is 12.8. The molecule has 7 heteroatoms. The van der Waals surface area contributed by atoms with Crippen molar-refractivity contribution >= 4 is 5.91 Å². The zero-order valence-electron chi connectivity index (χ0n) is 13.0. The molecule has 0 radical (unpaired) electrons. The molecule has 3 unspecified atom stereocenters. The van der Waals surface area contributed by atoms with Crippen molar-refractivity contribution in [3.8, 4) is 0 Å². The second-order valence-electron chi connectivity index (χ2n) is 6.56. The molecule has 0 aliphatic carbocycles. The molecule has 22 heavy (non-hydrogen) atoms. The Labute approximate surface area is 129 Å². The van der Waals surface area contributed by atoms with E-state index in [-0.39, 0.29) is 38.1 Å². The van der Waals surface area contributed by atoms with Crippen LogP contribution in [0, 0.1) is 11.8 Å². The van der Waals surface area contributed by atoms with E-state index in [0.717, 1.165) is 19.4 Å². The Morgan fingerprint density at radius 3 is 2.55 bits per heavy atom. The molecular weight excluding hydrogens is 297 g/mol. The maximum Gasteiger partial charge on any atom is 0.393 e. The molecule has 0 spiro atoms. The third kappa shape index (κ3) is 4.13. The van der Waals surface area contributed by atoms with Crippen LogP contribution in [0.5, 0.6) is 0 Å². The maximum absolute atomic E-state index is 12.8. The number of piperidine rings is 2. The second kappa shape index (κ2) is 7.17. The average molecular weight is 322 g/mol. The Hall–Kier alpha value is -0.820. The molecule has 2 aliphatic heterocycles. The van der Waals surface area contributed by atoms with Crippen molar-refractivity contribution in [3.63, 3.8) is 0 Å². The number of alkyl halides is 3. The van der Waals surface area contributed by atoms with Crippen molar-refractivity contribution in [2.75, 3.05) is 32.8 Å². The fraction of sp³-hybridized carbons (Fsp3) is 0.933. The molecule has 0 aromatic carbocycles. The highest BCUT2D eigenvalue weighted by Crippen LogP contribution is 2.33. The first-order chi connectivity index (χ1) is 10.3. The van der Waals surface area contributed by atoms with Gasteiger partial charge in [0.05, 0.1) is 19.1 Å². The Kier molecular flexibility index (Phi) is 5.71. The minimum Gasteiger partial charge on any atom is -0.395 e. The van der Waals surface area contributed by atoms with Crippen molar-refractivity contribution in [2.45, 2.75) is 44.8 Å². The quantitative estimate of drug-likeness (QED) is 0.863. The zero-order valence-corrected chi connectivity index (χ0v) is 13.0. The molecule has 2 heterocycles. The third-order valence-corrected chi connectivity index (χ3v) is 4.99. The molecule has 4 nitrogen and oxygen atoms in total. The van der Waals surface area contributed by atoms with Gasteiger partial charge in [-0.05, 0) is 38.1 Å². The summed E-state index contributed by atoms with van der Waals surface area (Å²) >= 11 is 0. The molecule has 1 amide bonds. The van der Waals surface area contributed by atoms with Gasteiger partial charge in [0.2, 0.25) is 5.91 Å². The molecule has 128 valence electrons. The summed E-state index contributed by atoms with van der Waals surface area (Å²) in [5, 5.41) is 9.49. The Morgan fingerprint density at radius 2 is 1.91 bits per heavy atom. The first-order valence-corrected chi connectivity index (χ1v) is 8.02. The van der Waals surface area contributed by atoms with Crippen LogP contribution in [-0.2, 0) is 4.79 Å². The number of aliphatic hydroxyl groups excluding tert-OH is 1. The lowest BCUT2D eigenvalue weighted by Crippen LogP contribution is -2.53. The van der Waals surface area contributed by atoms with E-state index >= 15 is 0 Å². The number of aliphatic hydroxyl groups is 1. The lowest BCUT2D eigenvalue weighted by molar-refractivity contribution is -0.188. The number of hydrogen-bond acceptors (Lipinski definition) is 3. The van der Waals surface area contributed by atoms with Gasteiger partial charge in [-0.3, -0.25) is 9.69 Å². The molecule has 1 N–H and O–H groups in total. The van der Waals surface area contributed by atoms with E-state index in [0.29, 0.717) is 18.9 Å². The lowest BCUT2D eigenvalue weighted by atomic mass is 9.91. The number of nitrogens with zero attached hydrogens (tertiary/aromatic N) is 2. The first-order valence-electron chi connectivity index (χ1n) is 8.02. The van der Waals surface area contributed by atoms with Crippen LogP contribution in [0.2, 0.25) is 0 Å². The summed E-state index contributed by atoms with van der Waals surface area (Å²) in [5.74, 6) is -1.35. The normalized spacial score (nSPS) is 31.3. The molecule has 2 fully saturated rings. The predicted molar refractivity (Wildman–Crippen MR) is 76.2 cm³/mol. The number of carbonyl (C=O) groups excluding carboxylic acids is 1. The van der Waals surface area contributed by atoms with Crippen LogP contribution in [0.25, 0.3) is 0 Å². The van der Waals surface area contributed by atoms with Crippen molar-refractivity contribution < 1.29 is 23.1 Å². The monoisotopic (exact) mass is 322 g/mol. The van der Waals surface area contributed by atoms with Gasteiger partial charge in [-0.25, -0.2) is 0 Å². The number of carbonyl (C=O) groups is 1. The molecular formula is C15H25F3N2O2. The van der Waals surface area contributed by atoms with E-state index in [9.17, 15) is 23.1 Å². The molecule has 0 aromatic heterocycles. The smallest absolute Gasteiger partial charge is 0.393 e. The highest BCUT2D eigenvalue weighted by molar-refractivity contribution is 5.78. The average Bonchev–Trinajstić information content (AvgIpc) is 2.47. The topological polar surface area (TPSA) is 43.8 Å². The Balaban J connectivity index is 1.93. The first kappa shape index (κ1) is 17.5. The van der Waals surface area contributed by atoms with Crippen molar-refractivity contribution in [1.82, 2.24) is 9.80 Å². The fourth-order valence-corrected chi connectivity index (χ4v) is 3.57. The van der Waals surface area contributed by atoms with Gasteiger partial charge in [-0.1, -0.05) is 6.92 Å². The van der Waals surface area contributed by atoms with E-state index in [4.69, 9.17) is 0 Å². The zero-order chi connectivity index (χ0) is 16.3. The number of halogens is 3. The lowest BCUT2D eigenvalue weighted by Gasteiger charge is -2.40. The minimum absolute atomic E-state index is 0.0143. The van der Waals surface area contributed by atoms with Crippen molar-refractivity contribution in [1.29, 1.82) is 0 Å². The van der Waals surface area contributed by atoms with E-state index in [1.54, 1.807) is 0 Å². The van der Waals surface area contributed by atoms with Crippen LogP contribution in [-0.4, -0.2) is 65.8 Å². The van der Waals surface area contributed by atoms with Gasteiger partial charge in [0.15, 0.2) is 0 Å². The summed E-state index contributed by atoms with van der Waals surface area (Å²) in [6.07, 6.45) is -1.76. The molecule has 0 aromatic rings. The van der Waals surface area contributed by atoms with Gasteiger partial charge in [-0.2, -0.15) is 13.2 Å². The summed E-state index contributed by atoms with van der Waals surface area (Å²) in [6.45, 7) is 3.03. The van der Waals surface area contributed by atoms with Gasteiger partial charge in [-0.15, -0.1) is 0 Å². The third-order valence-electron chi connectivity index (χ3n) is 4.99. The summed E-state index contributed by atoms with van der Waals surface area (Å²) in [4.78, 5) is 15.6. The fourth-order valence-electron chi connectivity index (χ4n) is 3.57. The van der Waals surface area contributed by atoms with Crippen LogP contribution >= 0.6 is 0 Å². The molecule has 2 rings (SSSR count). The predicted octanol–water partition coefficient (Wildman–Crippen LogP) is 1.88. The van der Waals surface area contributed by atoms with Crippen LogP contribution in [0.4, 0.5) is 13.2 Å². The second-order valence-corrected chi connectivity index (χ2v) is 6.56. The van der Waals surface area contributed by atoms with Crippen LogP contribution in [0.1, 0.15) is 32.6 Å². The summed E-state index contributed by atoms with van der Waals surface area (Å²) in [6, 6.07) is -0.0686. The van der Waals surface area contributed by atoms with Crippen molar-refractivity contribution in [2.24, 2.45) is 11.8 Å². The van der Waals surface area contributed by atoms with Gasteiger partial charge in [0.1, 0.15) is 0 Å². The molecule has 0 saturated carbocycles. The van der Waals surface area contributed by atoms with Gasteiger partial charge in [0.25, 0.3) is 0 Å². The van der Waals surface area contributed by atoms with E-state index in [1.165, 1.54) is 4.90 Å². The molecule has 0 bridgehead atoms. The molecule has 2 aliphatic rings.